The van der Waals surface area contributed by atoms with Crippen LogP contribution in [0.25, 0.3) is 11.3 Å². The van der Waals surface area contributed by atoms with Crippen LogP contribution in [0.3, 0.4) is 0 Å². The molecule has 0 unspecified atom stereocenters. The van der Waals surface area contributed by atoms with E-state index in [0.29, 0.717) is 10.7 Å². The van der Waals surface area contributed by atoms with Crippen molar-refractivity contribution in [1.82, 2.24) is 4.98 Å². The van der Waals surface area contributed by atoms with Gasteiger partial charge in [0.25, 0.3) is 0 Å². The Morgan fingerprint density at radius 1 is 1.20 bits per heavy atom. The number of benzene rings is 1. The van der Waals surface area contributed by atoms with Crippen LogP contribution in [0.4, 0.5) is 4.39 Å². The van der Waals surface area contributed by atoms with Crippen LogP contribution in [-0.4, -0.2) is 4.98 Å². The molecule has 0 N–H and O–H groups in total. The lowest BCUT2D eigenvalue weighted by Gasteiger charge is -2.03. The van der Waals surface area contributed by atoms with Crippen LogP contribution in [0.1, 0.15) is 5.56 Å². The van der Waals surface area contributed by atoms with E-state index in [0.717, 1.165) is 11.1 Å². The molecule has 15 heavy (non-hydrogen) atoms. The molecule has 3 heteroatoms. The van der Waals surface area contributed by atoms with Gasteiger partial charge in [0, 0.05) is 16.8 Å². The highest BCUT2D eigenvalue weighted by atomic mass is 35.5. The Morgan fingerprint density at radius 2 is 2.00 bits per heavy atom. The zero-order valence-corrected chi connectivity index (χ0v) is 8.92. The predicted molar refractivity (Wildman–Crippen MR) is 59.4 cm³/mol. The smallest absolute Gasteiger partial charge is 0.124 e. The fraction of sp³-hybridized carbons (Fsp3) is 0.0833. The van der Waals surface area contributed by atoms with Crippen molar-refractivity contribution >= 4 is 11.6 Å². The van der Waals surface area contributed by atoms with Gasteiger partial charge in [0.2, 0.25) is 0 Å². The molecule has 0 saturated heterocycles. The maximum Gasteiger partial charge on any atom is 0.124 e. The average Bonchev–Trinajstić information content (AvgIpc) is 2.16. The molecule has 0 atom stereocenters. The minimum atomic E-state index is -0.258. The first-order chi connectivity index (χ1) is 7.15. The SMILES string of the molecule is Cc1cc(F)cc(-c2cc(Cl)ccn2)c1. The van der Waals surface area contributed by atoms with Crippen molar-refractivity contribution in [3.05, 3.63) is 52.9 Å². The molecule has 2 aromatic rings. The minimum Gasteiger partial charge on any atom is -0.256 e. The largest absolute Gasteiger partial charge is 0.256 e. The van der Waals surface area contributed by atoms with Crippen molar-refractivity contribution in [3.63, 3.8) is 0 Å². The van der Waals surface area contributed by atoms with Gasteiger partial charge in [-0.1, -0.05) is 11.6 Å². The second-order valence-electron chi connectivity index (χ2n) is 3.38. The zero-order valence-electron chi connectivity index (χ0n) is 8.17. The van der Waals surface area contributed by atoms with Gasteiger partial charge in [0.05, 0.1) is 5.69 Å². The summed E-state index contributed by atoms with van der Waals surface area (Å²) < 4.78 is 13.2. The molecule has 0 saturated carbocycles. The maximum absolute atomic E-state index is 13.2. The van der Waals surface area contributed by atoms with E-state index in [1.165, 1.54) is 12.1 Å². The molecule has 0 amide bonds. The third-order valence-corrected chi connectivity index (χ3v) is 2.29. The van der Waals surface area contributed by atoms with Gasteiger partial charge in [-0.05, 0) is 42.8 Å². The lowest BCUT2D eigenvalue weighted by atomic mass is 10.1. The quantitative estimate of drug-likeness (QED) is 0.713. The van der Waals surface area contributed by atoms with Crippen molar-refractivity contribution in [3.8, 4) is 11.3 Å². The second-order valence-corrected chi connectivity index (χ2v) is 3.81. The molecule has 1 aromatic carbocycles. The number of aryl methyl sites for hydroxylation is 1. The van der Waals surface area contributed by atoms with Gasteiger partial charge in [-0.25, -0.2) is 4.39 Å². The van der Waals surface area contributed by atoms with Gasteiger partial charge in [-0.2, -0.15) is 0 Å². The highest BCUT2D eigenvalue weighted by molar-refractivity contribution is 6.30. The first-order valence-electron chi connectivity index (χ1n) is 4.54. The molecule has 0 radical (unpaired) electrons. The van der Waals surface area contributed by atoms with Gasteiger partial charge in [-0.15, -0.1) is 0 Å². The molecule has 0 spiro atoms. The predicted octanol–water partition coefficient (Wildman–Crippen LogP) is 3.85. The first kappa shape index (κ1) is 10.1. The fourth-order valence-electron chi connectivity index (χ4n) is 1.45. The molecule has 0 aliphatic carbocycles. The minimum absolute atomic E-state index is 0.258. The molecule has 1 nitrogen and oxygen atoms in total. The van der Waals surface area contributed by atoms with E-state index >= 15 is 0 Å². The van der Waals surface area contributed by atoms with Gasteiger partial charge >= 0.3 is 0 Å². The van der Waals surface area contributed by atoms with Gasteiger partial charge in [0.1, 0.15) is 5.82 Å². The number of hydrogen-bond donors (Lipinski definition) is 0. The van der Waals surface area contributed by atoms with Gasteiger partial charge in [0.15, 0.2) is 0 Å². The number of rotatable bonds is 1. The number of aromatic nitrogens is 1. The van der Waals surface area contributed by atoms with E-state index in [1.807, 2.05) is 13.0 Å². The lowest BCUT2D eigenvalue weighted by molar-refractivity contribution is 0.627. The van der Waals surface area contributed by atoms with Crippen LogP contribution in [0.2, 0.25) is 5.02 Å². The summed E-state index contributed by atoms with van der Waals surface area (Å²) in [6.07, 6.45) is 1.61. The number of nitrogens with zero attached hydrogens (tertiary/aromatic N) is 1. The van der Waals surface area contributed by atoms with Crippen molar-refractivity contribution in [1.29, 1.82) is 0 Å². The number of halogens is 2. The Hall–Kier alpha value is -1.41. The Bertz CT molecular complexity index is 476. The average molecular weight is 222 g/mol. The summed E-state index contributed by atoms with van der Waals surface area (Å²) in [7, 11) is 0. The van der Waals surface area contributed by atoms with E-state index < -0.39 is 0 Å². The molecule has 2 rings (SSSR count). The Kier molecular flexibility index (Phi) is 2.69. The topological polar surface area (TPSA) is 12.9 Å². The third-order valence-electron chi connectivity index (χ3n) is 2.06. The van der Waals surface area contributed by atoms with E-state index in [9.17, 15) is 4.39 Å². The van der Waals surface area contributed by atoms with Crippen LogP contribution in [0.5, 0.6) is 0 Å². The summed E-state index contributed by atoms with van der Waals surface area (Å²) in [5.74, 6) is -0.258. The monoisotopic (exact) mass is 221 g/mol. The van der Waals surface area contributed by atoms with Crippen LogP contribution >= 0.6 is 11.6 Å². The zero-order chi connectivity index (χ0) is 10.8. The molecular weight excluding hydrogens is 213 g/mol. The van der Waals surface area contributed by atoms with Gasteiger partial charge < -0.3 is 0 Å². The summed E-state index contributed by atoms with van der Waals surface area (Å²) in [6, 6.07) is 8.22. The molecule has 0 fully saturated rings. The van der Waals surface area contributed by atoms with Crippen molar-refractivity contribution in [2.45, 2.75) is 6.92 Å². The van der Waals surface area contributed by atoms with Crippen LogP contribution in [0, 0.1) is 12.7 Å². The Morgan fingerprint density at radius 3 is 2.67 bits per heavy atom. The van der Waals surface area contributed by atoms with Crippen LogP contribution in [-0.2, 0) is 0 Å². The van der Waals surface area contributed by atoms with E-state index in [4.69, 9.17) is 11.6 Å². The van der Waals surface area contributed by atoms with Crippen LogP contribution < -0.4 is 0 Å². The summed E-state index contributed by atoms with van der Waals surface area (Å²) in [5.41, 5.74) is 2.30. The van der Waals surface area contributed by atoms with Crippen LogP contribution in [0.15, 0.2) is 36.5 Å². The first-order valence-corrected chi connectivity index (χ1v) is 4.92. The Labute approximate surface area is 92.5 Å². The van der Waals surface area contributed by atoms with Crippen molar-refractivity contribution < 1.29 is 4.39 Å². The second kappa shape index (κ2) is 3.99. The standard InChI is InChI=1S/C12H9ClFN/c1-8-4-9(6-11(14)5-8)12-7-10(13)2-3-15-12/h2-7H,1H3. The lowest BCUT2D eigenvalue weighted by Crippen LogP contribution is -1.86. The summed E-state index contributed by atoms with van der Waals surface area (Å²) >= 11 is 5.84. The molecule has 1 heterocycles. The van der Waals surface area contributed by atoms with E-state index in [-0.39, 0.29) is 5.82 Å². The number of pyridine rings is 1. The number of hydrogen-bond acceptors (Lipinski definition) is 1. The maximum atomic E-state index is 13.2. The highest BCUT2D eigenvalue weighted by Crippen LogP contribution is 2.22. The van der Waals surface area contributed by atoms with Crippen molar-refractivity contribution in [2.75, 3.05) is 0 Å². The summed E-state index contributed by atoms with van der Waals surface area (Å²) in [5, 5.41) is 0.599. The third kappa shape index (κ3) is 2.34. The molecule has 76 valence electrons. The van der Waals surface area contributed by atoms with Gasteiger partial charge in [-0.3, -0.25) is 4.98 Å². The molecule has 0 aliphatic rings. The summed E-state index contributed by atoms with van der Waals surface area (Å²) in [6.45, 7) is 1.84. The normalized spacial score (nSPS) is 10.3. The van der Waals surface area contributed by atoms with Crippen molar-refractivity contribution in [2.24, 2.45) is 0 Å². The highest BCUT2D eigenvalue weighted by Gasteiger charge is 2.02. The molecule has 0 bridgehead atoms. The van der Waals surface area contributed by atoms with E-state index in [2.05, 4.69) is 4.98 Å². The molecule has 1 aromatic heterocycles. The molecular formula is C12H9ClFN. The summed E-state index contributed by atoms with van der Waals surface area (Å²) in [4.78, 5) is 4.14. The van der Waals surface area contributed by atoms with E-state index in [1.54, 1.807) is 18.3 Å². The Balaban J connectivity index is 2.54. The fourth-order valence-corrected chi connectivity index (χ4v) is 1.61. The molecule has 0 aliphatic heterocycles.